The monoisotopic (exact) mass is 327 g/mol. The molecule has 0 unspecified atom stereocenters. The number of benzene rings is 2. The Morgan fingerprint density at radius 2 is 2.00 bits per heavy atom. The lowest BCUT2D eigenvalue weighted by molar-refractivity contribution is -0.495. The molecular weight excluding hydrogens is 317 g/mol. The van der Waals surface area contributed by atoms with Gasteiger partial charge in [0.05, 0.1) is 27.1 Å². The van der Waals surface area contributed by atoms with E-state index in [1.807, 2.05) is 18.2 Å². The van der Waals surface area contributed by atoms with Crippen LogP contribution in [0.4, 0.5) is 10.1 Å². The molecule has 0 aliphatic rings. The molecule has 0 saturated heterocycles. The highest BCUT2D eigenvalue weighted by Gasteiger charge is 2.13. The summed E-state index contributed by atoms with van der Waals surface area (Å²) in [6.45, 7) is 0. The molecule has 0 aliphatic heterocycles. The number of pyridine rings is 1. The van der Waals surface area contributed by atoms with Crippen LogP contribution < -0.4 is 5.48 Å². The number of hydrogen-bond donors (Lipinski definition) is 2. The number of nitrogens with zero attached hydrogens (tertiary/aromatic N) is 1. The van der Waals surface area contributed by atoms with Crippen LogP contribution in [0, 0.1) is 11.0 Å². The summed E-state index contributed by atoms with van der Waals surface area (Å²) in [6.07, 6.45) is 1.76. The van der Waals surface area contributed by atoms with Crippen LogP contribution in [-0.4, -0.2) is 9.97 Å². The summed E-state index contributed by atoms with van der Waals surface area (Å²) < 4.78 is 13.7. The van der Waals surface area contributed by atoms with Gasteiger partial charge in [-0.1, -0.05) is 17.7 Å². The number of nitrogens with two attached hydrogens (primary N) is 1. The third-order valence-corrected chi connectivity index (χ3v) is 4.17. The zero-order valence-corrected chi connectivity index (χ0v) is 12.6. The lowest BCUT2D eigenvalue weighted by Crippen LogP contribution is -2.70. The van der Waals surface area contributed by atoms with Crippen LogP contribution in [0.1, 0.15) is 0 Å². The second kappa shape index (κ2) is 5.31. The quantitative estimate of drug-likeness (QED) is 0.433. The largest absolute Gasteiger partial charge is 0.630 e. The van der Waals surface area contributed by atoms with E-state index < -0.39 is 5.82 Å². The maximum atomic E-state index is 13.7. The fourth-order valence-corrected chi connectivity index (χ4v) is 3.06. The van der Waals surface area contributed by atoms with E-state index in [1.165, 1.54) is 12.1 Å². The number of H-pyrrole nitrogens is 1. The van der Waals surface area contributed by atoms with Gasteiger partial charge in [-0.05, 0) is 30.3 Å². The molecule has 0 radical (unpaired) electrons. The maximum Gasteiger partial charge on any atom is 0.139 e. The average molecular weight is 328 g/mol. The summed E-state index contributed by atoms with van der Waals surface area (Å²) in [4.78, 5) is 7.65. The molecule has 0 amide bonds. The van der Waals surface area contributed by atoms with Crippen molar-refractivity contribution in [2.75, 3.05) is 0 Å². The molecule has 4 nitrogen and oxygen atoms in total. The molecule has 0 fully saturated rings. The summed E-state index contributed by atoms with van der Waals surface area (Å²) in [5.41, 5.74) is 4.24. The van der Waals surface area contributed by atoms with E-state index in [0.29, 0.717) is 32.8 Å². The van der Waals surface area contributed by atoms with Gasteiger partial charge in [0.15, 0.2) is 0 Å². The minimum absolute atomic E-state index is 0.329. The molecule has 0 bridgehead atoms. The Morgan fingerprint density at radius 3 is 2.83 bits per heavy atom. The van der Waals surface area contributed by atoms with Gasteiger partial charge in [-0.15, -0.1) is 0 Å². The van der Waals surface area contributed by atoms with Gasteiger partial charge in [0.25, 0.3) is 0 Å². The number of hydrogen-bond acceptors (Lipinski definition) is 2. The van der Waals surface area contributed by atoms with E-state index in [2.05, 4.69) is 9.97 Å². The number of nitrogens with one attached hydrogen (secondary N) is 1. The SMILES string of the molecule is [O-][NH2+]c1cccc2nc(-c3c[nH]c4c(Cl)cc(F)cc34)ccc12. The van der Waals surface area contributed by atoms with Gasteiger partial charge in [0.2, 0.25) is 0 Å². The van der Waals surface area contributed by atoms with Crippen LogP contribution >= 0.6 is 11.6 Å². The fourth-order valence-electron chi connectivity index (χ4n) is 2.80. The highest BCUT2D eigenvalue weighted by molar-refractivity contribution is 6.35. The van der Waals surface area contributed by atoms with Crippen molar-refractivity contribution in [3.63, 3.8) is 0 Å². The molecule has 114 valence electrons. The first-order chi connectivity index (χ1) is 11.2. The Morgan fingerprint density at radius 1 is 1.13 bits per heavy atom. The average Bonchev–Trinajstić information content (AvgIpc) is 2.97. The van der Waals surface area contributed by atoms with Gasteiger partial charge in [0, 0.05) is 23.2 Å². The van der Waals surface area contributed by atoms with Crippen LogP contribution in [0.15, 0.2) is 48.7 Å². The predicted molar refractivity (Wildman–Crippen MR) is 89.0 cm³/mol. The summed E-state index contributed by atoms with van der Waals surface area (Å²) in [7, 11) is 0. The van der Waals surface area contributed by atoms with Crippen molar-refractivity contribution in [3.8, 4) is 11.3 Å². The number of fused-ring (bicyclic) bond motifs is 2. The third-order valence-electron chi connectivity index (χ3n) is 3.87. The summed E-state index contributed by atoms with van der Waals surface area (Å²) >= 11 is 6.07. The molecule has 0 saturated carbocycles. The topological polar surface area (TPSA) is 68.3 Å². The third kappa shape index (κ3) is 2.26. The molecule has 4 rings (SSSR count). The predicted octanol–water partition coefficient (Wildman–Crippen LogP) is 3.87. The van der Waals surface area contributed by atoms with Crippen molar-refractivity contribution in [1.29, 1.82) is 0 Å². The zero-order valence-electron chi connectivity index (χ0n) is 11.8. The number of quaternary nitrogens is 1. The maximum absolute atomic E-state index is 13.7. The Kier molecular flexibility index (Phi) is 3.27. The number of halogens is 2. The van der Waals surface area contributed by atoms with Gasteiger partial charge in [-0.25, -0.2) is 9.37 Å². The van der Waals surface area contributed by atoms with Crippen LogP contribution in [0.3, 0.4) is 0 Å². The van der Waals surface area contributed by atoms with Crippen LogP contribution in [0.25, 0.3) is 33.1 Å². The van der Waals surface area contributed by atoms with Gasteiger partial charge in [-0.2, -0.15) is 0 Å². The summed E-state index contributed by atoms with van der Waals surface area (Å²) in [5.74, 6) is -0.396. The Hall–Kier alpha value is -2.47. The van der Waals surface area contributed by atoms with Crippen molar-refractivity contribution in [3.05, 3.63) is 64.7 Å². The van der Waals surface area contributed by atoms with Crippen molar-refractivity contribution in [2.45, 2.75) is 0 Å². The van der Waals surface area contributed by atoms with Crippen LogP contribution in [-0.2, 0) is 0 Å². The molecule has 3 N–H and O–H groups in total. The second-order valence-electron chi connectivity index (χ2n) is 5.24. The van der Waals surface area contributed by atoms with Crippen LogP contribution in [0.5, 0.6) is 0 Å². The molecule has 0 spiro atoms. The van der Waals surface area contributed by atoms with E-state index >= 15 is 0 Å². The number of aromatic nitrogens is 2. The van der Waals surface area contributed by atoms with Gasteiger partial charge in [0.1, 0.15) is 11.5 Å². The zero-order chi connectivity index (χ0) is 16.0. The molecule has 0 atom stereocenters. The molecule has 4 aromatic rings. The first-order valence-electron chi connectivity index (χ1n) is 6.99. The minimum atomic E-state index is -0.396. The standard InChI is InChI=1S/C17H11ClFN3O/c18-13-7-9(19)6-11-12(8-20-17(11)13)15-5-4-10-14(21-15)2-1-3-16(10)22-23/h1-8,20H,22H2. The minimum Gasteiger partial charge on any atom is -0.630 e. The second-order valence-corrected chi connectivity index (χ2v) is 5.65. The molecule has 2 heterocycles. The molecule has 2 aromatic carbocycles. The molecule has 23 heavy (non-hydrogen) atoms. The Labute approximate surface area is 135 Å². The van der Waals surface area contributed by atoms with Gasteiger partial charge in [-0.3, -0.25) is 0 Å². The number of aromatic amines is 1. The fraction of sp³-hybridized carbons (Fsp3) is 0. The molecule has 0 aliphatic carbocycles. The lowest BCUT2D eigenvalue weighted by Gasteiger charge is -2.07. The first-order valence-corrected chi connectivity index (χ1v) is 7.36. The summed E-state index contributed by atoms with van der Waals surface area (Å²) in [5, 5.41) is 12.9. The van der Waals surface area contributed by atoms with E-state index in [1.54, 1.807) is 18.3 Å². The normalized spacial score (nSPS) is 11.4. The Balaban J connectivity index is 1.96. The molecule has 6 heteroatoms. The van der Waals surface area contributed by atoms with E-state index in [0.717, 1.165) is 16.4 Å². The Bertz CT molecular complexity index is 1040. The van der Waals surface area contributed by atoms with Gasteiger partial charge >= 0.3 is 0 Å². The lowest BCUT2D eigenvalue weighted by atomic mass is 10.1. The van der Waals surface area contributed by atoms with Crippen molar-refractivity contribution in [1.82, 2.24) is 9.97 Å². The molecular formula is C17H11ClFN3O. The van der Waals surface area contributed by atoms with Crippen molar-refractivity contribution < 1.29 is 9.87 Å². The summed E-state index contributed by atoms with van der Waals surface area (Å²) in [6, 6.07) is 11.7. The van der Waals surface area contributed by atoms with E-state index in [-0.39, 0.29) is 0 Å². The van der Waals surface area contributed by atoms with E-state index in [9.17, 15) is 9.60 Å². The van der Waals surface area contributed by atoms with Crippen molar-refractivity contribution >= 4 is 39.1 Å². The number of rotatable bonds is 2. The van der Waals surface area contributed by atoms with Crippen molar-refractivity contribution in [2.24, 2.45) is 0 Å². The van der Waals surface area contributed by atoms with Crippen LogP contribution in [0.2, 0.25) is 5.02 Å². The van der Waals surface area contributed by atoms with E-state index in [4.69, 9.17) is 11.6 Å². The first kappa shape index (κ1) is 14.1. The molecule has 2 aromatic heterocycles. The highest BCUT2D eigenvalue weighted by atomic mass is 35.5. The smallest absolute Gasteiger partial charge is 0.139 e. The highest BCUT2D eigenvalue weighted by Crippen LogP contribution is 2.33. The van der Waals surface area contributed by atoms with Gasteiger partial charge < -0.3 is 15.7 Å².